The maximum absolute atomic E-state index is 11.8. The predicted molar refractivity (Wildman–Crippen MR) is 65.5 cm³/mol. The lowest BCUT2D eigenvalue weighted by Gasteiger charge is -2.13. The first-order valence-corrected chi connectivity index (χ1v) is 5.71. The number of para-hydroxylation sites is 1. The van der Waals surface area contributed by atoms with Gasteiger partial charge in [-0.05, 0) is 25.5 Å². The van der Waals surface area contributed by atoms with Gasteiger partial charge in [-0.1, -0.05) is 25.1 Å². The van der Waals surface area contributed by atoms with Crippen molar-refractivity contribution < 1.29 is 14.3 Å². The van der Waals surface area contributed by atoms with Crippen molar-refractivity contribution >= 4 is 17.6 Å². The largest absolute Gasteiger partial charge is 0.465 e. The SMILES string of the molecule is CCOC(=O)C(CC)C(=O)Nc1ccccc1. The van der Waals surface area contributed by atoms with Crippen molar-refractivity contribution in [3.8, 4) is 0 Å². The number of carbonyl (C=O) groups excluding carboxylic acids is 2. The highest BCUT2D eigenvalue weighted by atomic mass is 16.5. The van der Waals surface area contributed by atoms with Gasteiger partial charge in [0.1, 0.15) is 5.92 Å². The van der Waals surface area contributed by atoms with Crippen LogP contribution in [0.2, 0.25) is 0 Å². The van der Waals surface area contributed by atoms with Gasteiger partial charge in [0.2, 0.25) is 5.91 Å². The number of hydrogen-bond acceptors (Lipinski definition) is 3. The van der Waals surface area contributed by atoms with E-state index in [-0.39, 0.29) is 12.5 Å². The Morgan fingerprint density at radius 1 is 1.24 bits per heavy atom. The van der Waals surface area contributed by atoms with Gasteiger partial charge in [-0.3, -0.25) is 9.59 Å². The summed E-state index contributed by atoms with van der Waals surface area (Å²) in [5.74, 6) is -1.53. The van der Waals surface area contributed by atoms with Crippen LogP contribution in [0.15, 0.2) is 30.3 Å². The minimum atomic E-state index is -0.741. The molecule has 0 heterocycles. The summed E-state index contributed by atoms with van der Waals surface area (Å²) in [5, 5.41) is 2.69. The van der Waals surface area contributed by atoms with Crippen molar-refractivity contribution in [3.05, 3.63) is 30.3 Å². The van der Waals surface area contributed by atoms with Crippen molar-refractivity contribution in [1.29, 1.82) is 0 Å². The molecule has 17 heavy (non-hydrogen) atoms. The van der Waals surface area contributed by atoms with E-state index in [4.69, 9.17) is 4.74 Å². The third-order valence-electron chi connectivity index (χ3n) is 2.34. The maximum atomic E-state index is 11.8. The topological polar surface area (TPSA) is 55.4 Å². The molecule has 0 saturated heterocycles. The molecule has 4 nitrogen and oxygen atoms in total. The molecule has 0 fully saturated rings. The molecule has 0 radical (unpaired) electrons. The lowest BCUT2D eigenvalue weighted by atomic mass is 10.1. The summed E-state index contributed by atoms with van der Waals surface area (Å²) >= 11 is 0. The zero-order valence-corrected chi connectivity index (χ0v) is 10.1. The summed E-state index contributed by atoms with van der Waals surface area (Å²) in [4.78, 5) is 23.4. The monoisotopic (exact) mass is 235 g/mol. The summed E-state index contributed by atoms with van der Waals surface area (Å²) in [6.45, 7) is 3.79. The number of anilines is 1. The second-order valence-corrected chi connectivity index (χ2v) is 3.57. The Balaban J connectivity index is 2.64. The number of nitrogens with one attached hydrogen (secondary N) is 1. The van der Waals surface area contributed by atoms with E-state index in [0.717, 1.165) is 0 Å². The highest BCUT2D eigenvalue weighted by Gasteiger charge is 2.25. The number of rotatable bonds is 5. The standard InChI is InChI=1S/C13H17NO3/c1-3-11(13(16)17-4-2)12(15)14-10-8-6-5-7-9-10/h5-9,11H,3-4H2,1-2H3,(H,14,15). The van der Waals surface area contributed by atoms with E-state index in [0.29, 0.717) is 12.1 Å². The molecule has 1 N–H and O–H groups in total. The minimum absolute atomic E-state index is 0.286. The molecule has 1 atom stereocenters. The maximum Gasteiger partial charge on any atom is 0.318 e. The molecule has 1 aromatic rings. The minimum Gasteiger partial charge on any atom is -0.465 e. The molecule has 1 rings (SSSR count). The van der Waals surface area contributed by atoms with E-state index in [2.05, 4.69) is 5.32 Å². The molecule has 1 aromatic carbocycles. The average Bonchev–Trinajstić information content (AvgIpc) is 2.31. The summed E-state index contributed by atoms with van der Waals surface area (Å²) in [6.07, 6.45) is 0.428. The third kappa shape index (κ3) is 3.90. The number of amides is 1. The number of benzene rings is 1. The summed E-state index contributed by atoms with van der Waals surface area (Å²) < 4.78 is 4.85. The first-order valence-electron chi connectivity index (χ1n) is 5.71. The van der Waals surface area contributed by atoms with Gasteiger partial charge in [0.25, 0.3) is 0 Å². The van der Waals surface area contributed by atoms with E-state index >= 15 is 0 Å². The van der Waals surface area contributed by atoms with Gasteiger partial charge in [-0.15, -0.1) is 0 Å². The molecule has 0 aromatic heterocycles. The Bertz CT molecular complexity index is 376. The van der Waals surface area contributed by atoms with Crippen LogP contribution in [0.25, 0.3) is 0 Å². The summed E-state index contributed by atoms with van der Waals surface area (Å²) in [5.41, 5.74) is 0.681. The molecule has 0 bridgehead atoms. The van der Waals surface area contributed by atoms with Crippen LogP contribution in [-0.2, 0) is 14.3 Å². The van der Waals surface area contributed by atoms with E-state index in [1.165, 1.54) is 0 Å². The quantitative estimate of drug-likeness (QED) is 0.629. The summed E-state index contributed by atoms with van der Waals surface area (Å²) in [6, 6.07) is 9.05. The molecular weight excluding hydrogens is 218 g/mol. The fourth-order valence-corrected chi connectivity index (χ4v) is 1.45. The average molecular weight is 235 g/mol. The lowest BCUT2D eigenvalue weighted by Crippen LogP contribution is -2.30. The highest BCUT2D eigenvalue weighted by molar-refractivity contribution is 6.04. The molecule has 0 aliphatic carbocycles. The van der Waals surface area contributed by atoms with E-state index in [1.54, 1.807) is 26.0 Å². The number of ether oxygens (including phenoxy) is 1. The lowest BCUT2D eigenvalue weighted by molar-refractivity contribution is -0.151. The Morgan fingerprint density at radius 3 is 2.41 bits per heavy atom. The first-order chi connectivity index (χ1) is 8.19. The van der Waals surface area contributed by atoms with Crippen LogP contribution < -0.4 is 5.32 Å². The molecule has 1 unspecified atom stereocenters. The molecule has 0 aliphatic rings. The fraction of sp³-hybridized carbons (Fsp3) is 0.385. The van der Waals surface area contributed by atoms with Crippen LogP contribution in [0.5, 0.6) is 0 Å². The van der Waals surface area contributed by atoms with Crippen LogP contribution >= 0.6 is 0 Å². The predicted octanol–water partition coefficient (Wildman–Crippen LogP) is 2.21. The highest BCUT2D eigenvalue weighted by Crippen LogP contribution is 2.11. The van der Waals surface area contributed by atoms with Gasteiger partial charge in [-0.2, -0.15) is 0 Å². The fourth-order valence-electron chi connectivity index (χ4n) is 1.45. The van der Waals surface area contributed by atoms with Crippen LogP contribution in [0.4, 0.5) is 5.69 Å². The van der Waals surface area contributed by atoms with Crippen molar-refractivity contribution in [1.82, 2.24) is 0 Å². The van der Waals surface area contributed by atoms with Crippen LogP contribution in [0.1, 0.15) is 20.3 Å². The molecule has 0 aliphatic heterocycles. The second-order valence-electron chi connectivity index (χ2n) is 3.57. The number of carbonyl (C=O) groups is 2. The Morgan fingerprint density at radius 2 is 1.88 bits per heavy atom. The Kier molecular flexibility index (Phi) is 5.20. The van der Waals surface area contributed by atoms with Gasteiger partial charge in [0, 0.05) is 5.69 Å². The Labute approximate surface area is 101 Å². The smallest absolute Gasteiger partial charge is 0.318 e. The van der Waals surface area contributed by atoms with Gasteiger partial charge >= 0.3 is 5.97 Å². The van der Waals surface area contributed by atoms with Crippen LogP contribution in [-0.4, -0.2) is 18.5 Å². The molecule has 4 heteroatoms. The molecule has 0 spiro atoms. The Hall–Kier alpha value is -1.84. The van der Waals surface area contributed by atoms with E-state index < -0.39 is 11.9 Å². The molecule has 1 amide bonds. The third-order valence-corrected chi connectivity index (χ3v) is 2.34. The molecule has 92 valence electrons. The number of esters is 1. The van der Waals surface area contributed by atoms with Gasteiger partial charge in [0.05, 0.1) is 6.61 Å². The zero-order valence-electron chi connectivity index (χ0n) is 10.1. The van der Waals surface area contributed by atoms with Gasteiger partial charge in [-0.25, -0.2) is 0 Å². The van der Waals surface area contributed by atoms with Gasteiger partial charge in [0.15, 0.2) is 0 Å². The molecular formula is C13H17NO3. The van der Waals surface area contributed by atoms with Crippen LogP contribution in [0.3, 0.4) is 0 Å². The van der Waals surface area contributed by atoms with E-state index in [9.17, 15) is 9.59 Å². The molecule has 0 saturated carbocycles. The van der Waals surface area contributed by atoms with Crippen LogP contribution in [0, 0.1) is 5.92 Å². The first kappa shape index (κ1) is 13.2. The second kappa shape index (κ2) is 6.68. The van der Waals surface area contributed by atoms with Crippen molar-refractivity contribution in [2.75, 3.05) is 11.9 Å². The van der Waals surface area contributed by atoms with Gasteiger partial charge < -0.3 is 10.1 Å². The summed E-state index contributed by atoms with van der Waals surface area (Å²) in [7, 11) is 0. The van der Waals surface area contributed by atoms with Crippen molar-refractivity contribution in [2.45, 2.75) is 20.3 Å². The van der Waals surface area contributed by atoms with Crippen molar-refractivity contribution in [2.24, 2.45) is 5.92 Å². The van der Waals surface area contributed by atoms with Crippen molar-refractivity contribution in [3.63, 3.8) is 0 Å². The zero-order chi connectivity index (χ0) is 12.7. The van der Waals surface area contributed by atoms with E-state index in [1.807, 2.05) is 18.2 Å². The number of hydrogen-bond donors (Lipinski definition) is 1. The normalized spacial score (nSPS) is 11.6.